The van der Waals surface area contributed by atoms with Crippen LogP contribution in [0.1, 0.15) is 33.4 Å². The summed E-state index contributed by atoms with van der Waals surface area (Å²) < 4.78 is 0. The molecule has 0 aromatic heterocycles. The van der Waals surface area contributed by atoms with Crippen LogP contribution in [0.5, 0.6) is 0 Å². The van der Waals surface area contributed by atoms with E-state index >= 15 is 0 Å². The van der Waals surface area contributed by atoms with Gasteiger partial charge in [-0.1, -0.05) is 58.2 Å². The third-order valence-corrected chi connectivity index (χ3v) is 8.15. The van der Waals surface area contributed by atoms with Gasteiger partial charge in [-0.3, -0.25) is 0 Å². The maximum Gasteiger partial charge on any atom is 0.0692 e. The highest BCUT2D eigenvalue weighted by Crippen LogP contribution is 2.53. The van der Waals surface area contributed by atoms with E-state index in [-0.39, 0.29) is 0 Å². The monoisotopic (exact) mass is 333 g/mol. The summed E-state index contributed by atoms with van der Waals surface area (Å²) in [5.74, 6) is 0. The lowest BCUT2D eigenvalue weighted by Gasteiger charge is -2.12. The maximum absolute atomic E-state index is 2.28. The standard InChI is InChI=1S/C18H22PS2/c1-11-7-13(3)17(14(4)8-11)20-19-21-18-15(5)9-12(2)10-16(18)6/h7-10H,1-6H3. The van der Waals surface area contributed by atoms with Gasteiger partial charge >= 0.3 is 0 Å². The van der Waals surface area contributed by atoms with Crippen LogP contribution in [0.2, 0.25) is 0 Å². The molecule has 0 heterocycles. The molecule has 2 aromatic carbocycles. The summed E-state index contributed by atoms with van der Waals surface area (Å²) in [7, 11) is 0. The SMILES string of the molecule is Cc1cc(C)c(S[P]Sc2c(C)cc(C)cc2C)c(C)c1. The van der Waals surface area contributed by atoms with Crippen molar-refractivity contribution < 1.29 is 0 Å². The minimum absolute atomic E-state index is 1.33. The molecule has 0 aliphatic heterocycles. The second kappa shape index (κ2) is 7.22. The quantitative estimate of drug-likeness (QED) is 0.543. The summed E-state index contributed by atoms with van der Waals surface area (Å²) in [4.78, 5) is 2.86. The second-order valence-corrected chi connectivity index (χ2v) is 9.93. The first-order chi connectivity index (χ1) is 9.88. The molecule has 0 aliphatic rings. The molecule has 0 bridgehead atoms. The van der Waals surface area contributed by atoms with Crippen LogP contribution in [0.3, 0.4) is 0 Å². The van der Waals surface area contributed by atoms with Gasteiger partial charge in [0.15, 0.2) is 0 Å². The van der Waals surface area contributed by atoms with E-state index in [4.69, 9.17) is 0 Å². The molecule has 1 radical (unpaired) electrons. The molecule has 0 aliphatic carbocycles. The predicted octanol–water partition coefficient (Wildman–Crippen LogP) is 7.20. The Balaban J connectivity index is 2.09. The fraction of sp³-hybridized carbons (Fsp3) is 0.333. The Morgan fingerprint density at radius 1 is 0.571 bits per heavy atom. The van der Waals surface area contributed by atoms with Gasteiger partial charge in [0.1, 0.15) is 0 Å². The van der Waals surface area contributed by atoms with Crippen molar-refractivity contribution in [3.8, 4) is 0 Å². The van der Waals surface area contributed by atoms with Crippen LogP contribution in [-0.4, -0.2) is 0 Å². The molecule has 2 aromatic rings. The van der Waals surface area contributed by atoms with Crippen molar-refractivity contribution in [2.75, 3.05) is 0 Å². The average Bonchev–Trinajstić information content (AvgIpc) is 2.34. The number of rotatable bonds is 4. The Bertz CT molecular complexity index is 559. The normalized spacial score (nSPS) is 11.0. The molecule has 2 rings (SSSR count). The Labute approximate surface area is 138 Å². The number of hydrogen-bond donors (Lipinski definition) is 0. The largest absolute Gasteiger partial charge is 0.0798 e. The van der Waals surface area contributed by atoms with Crippen LogP contribution in [0, 0.1) is 41.5 Å². The van der Waals surface area contributed by atoms with Crippen molar-refractivity contribution in [2.24, 2.45) is 0 Å². The zero-order valence-corrected chi connectivity index (χ0v) is 16.1. The summed E-state index contributed by atoms with van der Waals surface area (Å²) in [6.45, 7) is 14.5. The zero-order valence-electron chi connectivity index (χ0n) is 13.6. The van der Waals surface area contributed by atoms with Crippen molar-refractivity contribution >= 4 is 29.7 Å². The van der Waals surface area contributed by atoms with Crippen LogP contribution >= 0.6 is 29.7 Å². The van der Waals surface area contributed by atoms with Crippen molar-refractivity contribution in [1.82, 2.24) is 0 Å². The van der Waals surface area contributed by atoms with Crippen molar-refractivity contribution in [2.45, 2.75) is 51.3 Å². The van der Waals surface area contributed by atoms with E-state index in [1.807, 2.05) is 22.8 Å². The summed E-state index contributed by atoms with van der Waals surface area (Å²) in [5, 5.41) is 0. The minimum atomic E-state index is 1.33. The van der Waals surface area contributed by atoms with E-state index in [9.17, 15) is 0 Å². The van der Waals surface area contributed by atoms with Gasteiger partial charge in [0, 0.05) is 9.79 Å². The van der Waals surface area contributed by atoms with E-state index in [1.165, 1.54) is 50.2 Å². The summed E-state index contributed by atoms with van der Waals surface area (Å²) in [6, 6.07) is 9.10. The molecule has 3 heteroatoms. The van der Waals surface area contributed by atoms with E-state index in [1.54, 1.807) is 0 Å². The first-order valence-electron chi connectivity index (χ1n) is 7.08. The van der Waals surface area contributed by atoms with E-state index < -0.39 is 0 Å². The molecule has 0 saturated heterocycles. The Morgan fingerprint density at radius 2 is 0.857 bits per heavy atom. The van der Waals surface area contributed by atoms with Gasteiger partial charge in [0.25, 0.3) is 0 Å². The van der Waals surface area contributed by atoms with E-state index in [0.29, 0.717) is 0 Å². The third kappa shape index (κ3) is 4.28. The molecule has 0 fully saturated rings. The molecular weight excluding hydrogens is 311 g/mol. The van der Waals surface area contributed by atoms with Gasteiger partial charge < -0.3 is 0 Å². The predicted molar refractivity (Wildman–Crippen MR) is 99.9 cm³/mol. The topological polar surface area (TPSA) is 0 Å². The fourth-order valence-electron chi connectivity index (χ4n) is 2.71. The van der Waals surface area contributed by atoms with E-state index in [2.05, 4.69) is 65.8 Å². The molecular formula is C18H22PS2. The van der Waals surface area contributed by atoms with Crippen LogP contribution < -0.4 is 0 Å². The summed E-state index contributed by atoms with van der Waals surface area (Å²) >= 11 is 3.87. The third-order valence-electron chi connectivity index (χ3n) is 3.47. The van der Waals surface area contributed by atoms with Crippen molar-refractivity contribution in [3.05, 3.63) is 57.6 Å². The Hall–Kier alpha value is -0.430. The number of aryl methyl sites for hydroxylation is 6. The van der Waals surface area contributed by atoms with Crippen molar-refractivity contribution in [3.63, 3.8) is 0 Å². The number of hydrogen-bond acceptors (Lipinski definition) is 2. The molecule has 21 heavy (non-hydrogen) atoms. The van der Waals surface area contributed by atoms with Gasteiger partial charge in [-0.05, 0) is 63.8 Å². The zero-order chi connectivity index (χ0) is 15.6. The van der Waals surface area contributed by atoms with Gasteiger partial charge in [-0.15, -0.1) is 0 Å². The van der Waals surface area contributed by atoms with Gasteiger partial charge in [0.05, 0.1) is 6.98 Å². The first kappa shape index (κ1) is 16.9. The molecule has 0 unspecified atom stereocenters. The first-order valence-corrected chi connectivity index (χ1v) is 10.8. The smallest absolute Gasteiger partial charge is 0.0692 e. The highest BCUT2D eigenvalue weighted by molar-refractivity contribution is 8.82. The Kier molecular flexibility index (Phi) is 5.82. The van der Waals surface area contributed by atoms with E-state index in [0.717, 1.165) is 0 Å². The molecule has 0 atom stereocenters. The number of benzene rings is 2. The highest BCUT2D eigenvalue weighted by Gasteiger charge is 2.09. The second-order valence-electron chi connectivity index (χ2n) is 5.71. The van der Waals surface area contributed by atoms with Gasteiger partial charge in [0.2, 0.25) is 0 Å². The Morgan fingerprint density at radius 3 is 1.14 bits per heavy atom. The lowest BCUT2D eigenvalue weighted by atomic mass is 10.1. The molecule has 111 valence electrons. The van der Waals surface area contributed by atoms with Gasteiger partial charge in [-0.2, -0.15) is 0 Å². The average molecular weight is 333 g/mol. The highest BCUT2D eigenvalue weighted by atomic mass is 33.1. The molecule has 0 saturated carbocycles. The van der Waals surface area contributed by atoms with Crippen LogP contribution in [0.4, 0.5) is 0 Å². The molecule has 0 N–H and O–H groups in total. The summed E-state index contributed by atoms with van der Waals surface area (Å²) in [5.41, 5.74) is 8.27. The fourth-order valence-corrected chi connectivity index (χ4v) is 7.68. The molecule has 0 nitrogen and oxygen atoms in total. The van der Waals surface area contributed by atoms with Crippen LogP contribution in [0.15, 0.2) is 34.1 Å². The maximum atomic E-state index is 2.28. The van der Waals surface area contributed by atoms with Gasteiger partial charge in [-0.25, -0.2) is 0 Å². The van der Waals surface area contributed by atoms with Crippen molar-refractivity contribution in [1.29, 1.82) is 0 Å². The van der Waals surface area contributed by atoms with Crippen LogP contribution in [-0.2, 0) is 0 Å². The molecule has 0 spiro atoms. The lowest BCUT2D eigenvalue weighted by molar-refractivity contribution is 1.19. The minimum Gasteiger partial charge on any atom is -0.0798 e. The van der Waals surface area contributed by atoms with Crippen LogP contribution in [0.25, 0.3) is 0 Å². The molecule has 0 amide bonds. The summed E-state index contributed by atoms with van der Waals surface area (Å²) in [6.07, 6.45) is 0. The lowest BCUT2D eigenvalue weighted by Crippen LogP contribution is -1.86.